The predicted molar refractivity (Wildman–Crippen MR) is 104 cm³/mol. The van der Waals surface area contributed by atoms with Crippen LogP contribution in [0.1, 0.15) is 16.1 Å². The van der Waals surface area contributed by atoms with Crippen molar-refractivity contribution in [2.75, 3.05) is 5.73 Å². The molecule has 0 radical (unpaired) electrons. The number of carbonyl (C=O) groups is 1. The van der Waals surface area contributed by atoms with Gasteiger partial charge < -0.3 is 15.5 Å². The van der Waals surface area contributed by atoms with Crippen molar-refractivity contribution in [1.29, 1.82) is 0 Å². The van der Waals surface area contributed by atoms with Crippen molar-refractivity contribution < 1.29 is 17.6 Å². The third-order valence-corrected chi connectivity index (χ3v) is 5.92. The first-order valence-corrected chi connectivity index (χ1v) is 9.95. The second-order valence-electron chi connectivity index (χ2n) is 6.13. The number of sulfone groups is 1. The van der Waals surface area contributed by atoms with Gasteiger partial charge in [0.2, 0.25) is 15.8 Å². The van der Waals surface area contributed by atoms with Crippen LogP contribution < -0.4 is 11.1 Å². The van der Waals surface area contributed by atoms with E-state index in [1.54, 1.807) is 30.5 Å². The third-order valence-electron chi connectivity index (χ3n) is 4.19. The number of nitrogens with zero attached hydrogens (tertiary/aromatic N) is 3. The zero-order valence-corrected chi connectivity index (χ0v) is 15.8. The molecule has 29 heavy (non-hydrogen) atoms. The number of anilines is 1. The smallest absolute Gasteiger partial charge is 0.287 e. The van der Waals surface area contributed by atoms with Crippen LogP contribution in [0.3, 0.4) is 0 Å². The lowest BCUT2D eigenvalue weighted by Gasteiger charge is -2.07. The van der Waals surface area contributed by atoms with Crippen LogP contribution in [-0.2, 0) is 16.4 Å². The Labute approximate surface area is 165 Å². The van der Waals surface area contributed by atoms with E-state index in [1.165, 1.54) is 18.3 Å². The maximum atomic E-state index is 12.6. The lowest BCUT2D eigenvalue weighted by Crippen LogP contribution is -2.22. The summed E-state index contributed by atoms with van der Waals surface area (Å²) in [6, 6.07) is 9.54. The van der Waals surface area contributed by atoms with Crippen LogP contribution >= 0.6 is 0 Å². The van der Waals surface area contributed by atoms with Crippen molar-refractivity contribution in [1.82, 2.24) is 20.3 Å². The molecule has 0 aliphatic heterocycles. The van der Waals surface area contributed by atoms with Crippen LogP contribution in [0.4, 0.5) is 5.95 Å². The van der Waals surface area contributed by atoms with E-state index in [0.717, 1.165) is 23.3 Å². The molecule has 0 atom stereocenters. The molecule has 0 fully saturated rings. The number of carbonyl (C=O) groups excluding carboxylic acids is 1. The van der Waals surface area contributed by atoms with E-state index >= 15 is 0 Å². The van der Waals surface area contributed by atoms with Gasteiger partial charge in [-0.2, -0.15) is 0 Å². The Kier molecular flexibility index (Phi) is 4.69. The second-order valence-corrected chi connectivity index (χ2v) is 8.08. The fourth-order valence-corrected chi connectivity index (χ4v) is 3.80. The summed E-state index contributed by atoms with van der Waals surface area (Å²) in [5.74, 6) is -0.205. The Morgan fingerprint density at radius 3 is 2.45 bits per heavy atom. The molecule has 146 valence electrons. The number of hydrogen-bond donors (Lipinski definition) is 2. The topological polar surface area (TPSA) is 141 Å². The van der Waals surface area contributed by atoms with Gasteiger partial charge in [0.05, 0.1) is 23.5 Å². The number of amides is 1. The van der Waals surface area contributed by atoms with E-state index in [0.29, 0.717) is 5.58 Å². The van der Waals surface area contributed by atoms with Gasteiger partial charge in [-0.3, -0.25) is 9.78 Å². The van der Waals surface area contributed by atoms with E-state index in [1.807, 2.05) is 0 Å². The van der Waals surface area contributed by atoms with Gasteiger partial charge in [0.15, 0.2) is 11.3 Å². The Morgan fingerprint density at radius 2 is 1.76 bits per heavy atom. The van der Waals surface area contributed by atoms with E-state index in [9.17, 15) is 13.2 Å². The third kappa shape index (κ3) is 3.78. The number of rotatable bonds is 5. The molecular formula is C19H15N5O4S. The minimum absolute atomic E-state index is 0.00393. The van der Waals surface area contributed by atoms with Crippen LogP contribution in [-0.4, -0.2) is 29.3 Å². The Hall–Kier alpha value is -3.79. The van der Waals surface area contributed by atoms with Crippen molar-refractivity contribution >= 4 is 32.7 Å². The molecule has 1 aromatic carbocycles. The van der Waals surface area contributed by atoms with Gasteiger partial charge >= 0.3 is 0 Å². The first-order valence-electron chi connectivity index (χ1n) is 8.47. The summed E-state index contributed by atoms with van der Waals surface area (Å²) in [5, 5.41) is 3.52. The van der Waals surface area contributed by atoms with Gasteiger partial charge in [-0.1, -0.05) is 12.1 Å². The fourth-order valence-electron chi connectivity index (χ4n) is 2.65. The number of aromatic nitrogens is 3. The highest BCUT2D eigenvalue weighted by Gasteiger charge is 2.18. The molecule has 4 aromatic rings. The average molecular weight is 409 g/mol. The number of fused-ring (bicyclic) bond motifs is 1. The number of pyridine rings is 1. The van der Waals surface area contributed by atoms with E-state index in [4.69, 9.17) is 10.2 Å². The standard InChI is InChI=1S/C19H15N5O4S/c20-19-23-9-15(10-24-19)29(26,27)14-3-1-12(2-4-14)8-22-18(25)16-7-13-5-6-21-11-17(13)28-16/h1-7,9-11H,8H2,(H,22,25)(H2,20,23,24). The van der Waals surface area contributed by atoms with Crippen LogP contribution in [0, 0.1) is 0 Å². The summed E-state index contributed by atoms with van der Waals surface area (Å²) in [6.45, 7) is 0.208. The van der Waals surface area contributed by atoms with Gasteiger partial charge in [-0.15, -0.1) is 0 Å². The van der Waals surface area contributed by atoms with Gasteiger partial charge in [-0.25, -0.2) is 18.4 Å². The summed E-state index contributed by atoms with van der Waals surface area (Å²) in [4.78, 5) is 23.7. The maximum Gasteiger partial charge on any atom is 0.287 e. The number of nitrogens with one attached hydrogen (secondary N) is 1. The molecule has 0 unspecified atom stereocenters. The van der Waals surface area contributed by atoms with E-state index < -0.39 is 9.84 Å². The number of furan rings is 1. The maximum absolute atomic E-state index is 12.6. The first kappa shape index (κ1) is 18.6. The number of benzene rings is 1. The molecule has 0 bridgehead atoms. The molecule has 0 aliphatic rings. The van der Waals surface area contributed by atoms with Crippen molar-refractivity contribution in [2.24, 2.45) is 0 Å². The van der Waals surface area contributed by atoms with Gasteiger partial charge in [0.1, 0.15) is 4.90 Å². The van der Waals surface area contributed by atoms with Crippen LogP contribution in [0.15, 0.2) is 75.4 Å². The van der Waals surface area contributed by atoms with Crippen molar-refractivity contribution in [3.63, 3.8) is 0 Å². The minimum Gasteiger partial charge on any atom is -0.449 e. The molecular weight excluding hydrogens is 394 g/mol. The second kappa shape index (κ2) is 7.32. The van der Waals surface area contributed by atoms with Crippen LogP contribution in [0.5, 0.6) is 0 Å². The number of nitrogen functional groups attached to an aromatic ring is 1. The summed E-state index contributed by atoms with van der Waals surface area (Å²) in [6.07, 6.45) is 5.48. The quantitative estimate of drug-likeness (QED) is 0.509. The monoisotopic (exact) mass is 409 g/mol. The SMILES string of the molecule is Nc1ncc(S(=O)(=O)c2ccc(CNC(=O)c3cc4ccncc4o3)cc2)cn1. The number of hydrogen-bond acceptors (Lipinski definition) is 8. The molecule has 3 N–H and O–H groups in total. The minimum atomic E-state index is -3.75. The molecule has 9 nitrogen and oxygen atoms in total. The van der Waals surface area contributed by atoms with Crippen molar-refractivity contribution in [3.8, 4) is 0 Å². The summed E-state index contributed by atoms with van der Waals surface area (Å²) >= 11 is 0. The van der Waals surface area contributed by atoms with Gasteiger partial charge in [0.25, 0.3) is 5.91 Å². The lowest BCUT2D eigenvalue weighted by atomic mass is 10.2. The van der Waals surface area contributed by atoms with Gasteiger partial charge in [0, 0.05) is 18.1 Å². The fraction of sp³-hybridized carbons (Fsp3) is 0.0526. The zero-order chi connectivity index (χ0) is 20.4. The highest BCUT2D eigenvalue weighted by molar-refractivity contribution is 7.91. The molecule has 3 heterocycles. The Balaban J connectivity index is 1.45. The molecule has 4 rings (SSSR count). The van der Waals surface area contributed by atoms with E-state index in [2.05, 4.69) is 20.3 Å². The highest BCUT2D eigenvalue weighted by Crippen LogP contribution is 2.21. The summed E-state index contributed by atoms with van der Waals surface area (Å²) in [7, 11) is -3.75. The highest BCUT2D eigenvalue weighted by atomic mass is 32.2. The molecule has 0 spiro atoms. The molecule has 1 amide bonds. The molecule has 0 aliphatic carbocycles. The normalized spacial score (nSPS) is 11.4. The largest absolute Gasteiger partial charge is 0.449 e. The van der Waals surface area contributed by atoms with Crippen molar-refractivity contribution in [3.05, 3.63) is 72.5 Å². The van der Waals surface area contributed by atoms with Crippen LogP contribution in [0.2, 0.25) is 0 Å². The molecule has 0 saturated carbocycles. The molecule has 10 heteroatoms. The lowest BCUT2D eigenvalue weighted by molar-refractivity contribution is 0.0925. The summed E-state index contributed by atoms with van der Waals surface area (Å²) in [5.41, 5.74) is 6.64. The van der Waals surface area contributed by atoms with E-state index in [-0.39, 0.29) is 34.0 Å². The van der Waals surface area contributed by atoms with Crippen molar-refractivity contribution in [2.45, 2.75) is 16.3 Å². The predicted octanol–water partition coefficient (Wildman–Crippen LogP) is 1.96. The summed E-state index contributed by atoms with van der Waals surface area (Å²) < 4.78 is 30.6. The zero-order valence-electron chi connectivity index (χ0n) is 14.9. The molecule has 3 aromatic heterocycles. The Morgan fingerprint density at radius 1 is 1.03 bits per heavy atom. The average Bonchev–Trinajstić information content (AvgIpc) is 3.17. The van der Waals surface area contributed by atoms with Gasteiger partial charge in [-0.05, 0) is 29.8 Å². The van der Waals surface area contributed by atoms with Crippen LogP contribution in [0.25, 0.3) is 11.0 Å². The molecule has 0 saturated heterocycles. The number of nitrogens with two attached hydrogens (primary N) is 1. The first-order chi connectivity index (χ1) is 13.9. The Bertz CT molecular complexity index is 1250.